The molecular formula is C19H19N5. The van der Waals surface area contributed by atoms with Crippen molar-refractivity contribution in [2.45, 2.75) is 19.9 Å². The van der Waals surface area contributed by atoms with Gasteiger partial charge in [0, 0.05) is 30.1 Å². The average Bonchev–Trinajstić information content (AvgIpc) is 3.21. The normalized spacial score (nSPS) is 11.2. The standard InChI is InChI=1S/C19H19N5/c1-13-6-8-15(9-7-13)24-19(18(11-20)22-23-24)10-14-12-21-17-5-3-2-4-16(14)17/h2-9,12,21H,10-11,20H2,1H3. The lowest BCUT2D eigenvalue weighted by molar-refractivity contribution is 0.772. The van der Waals surface area contributed by atoms with E-state index in [0.29, 0.717) is 6.54 Å². The summed E-state index contributed by atoms with van der Waals surface area (Å²) < 4.78 is 1.89. The first kappa shape index (κ1) is 14.7. The largest absolute Gasteiger partial charge is 0.361 e. The van der Waals surface area contributed by atoms with Crippen LogP contribution in [0.25, 0.3) is 16.6 Å². The Balaban J connectivity index is 1.79. The van der Waals surface area contributed by atoms with Gasteiger partial charge in [0.2, 0.25) is 0 Å². The molecule has 0 radical (unpaired) electrons. The molecule has 3 N–H and O–H groups in total. The Hall–Kier alpha value is -2.92. The highest BCUT2D eigenvalue weighted by molar-refractivity contribution is 5.83. The molecule has 0 atom stereocenters. The molecule has 2 aromatic carbocycles. The molecule has 0 aliphatic heterocycles. The van der Waals surface area contributed by atoms with E-state index >= 15 is 0 Å². The van der Waals surface area contributed by atoms with Crippen LogP contribution in [0, 0.1) is 6.92 Å². The molecule has 5 heteroatoms. The Labute approximate surface area is 140 Å². The van der Waals surface area contributed by atoms with Crippen molar-refractivity contribution in [3.05, 3.63) is 77.2 Å². The summed E-state index contributed by atoms with van der Waals surface area (Å²) in [5.74, 6) is 0. The fourth-order valence-corrected chi connectivity index (χ4v) is 3.02. The highest BCUT2D eigenvalue weighted by atomic mass is 15.4. The molecule has 0 bridgehead atoms. The van der Waals surface area contributed by atoms with Crippen LogP contribution in [-0.2, 0) is 13.0 Å². The molecule has 0 aliphatic rings. The number of nitrogens with zero attached hydrogens (tertiary/aromatic N) is 3. The first-order chi connectivity index (χ1) is 11.8. The highest BCUT2D eigenvalue weighted by Gasteiger charge is 2.15. The van der Waals surface area contributed by atoms with Crippen LogP contribution < -0.4 is 5.73 Å². The smallest absolute Gasteiger partial charge is 0.100 e. The number of rotatable bonds is 4. The maximum Gasteiger partial charge on any atom is 0.100 e. The van der Waals surface area contributed by atoms with Crippen molar-refractivity contribution in [3.8, 4) is 5.69 Å². The molecule has 2 aromatic heterocycles. The van der Waals surface area contributed by atoms with Gasteiger partial charge in [-0.1, -0.05) is 41.1 Å². The second kappa shape index (κ2) is 5.94. The molecule has 0 aliphatic carbocycles. The SMILES string of the molecule is Cc1ccc(-n2nnc(CN)c2Cc2c[nH]c3ccccc23)cc1. The summed E-state index contributed by atoms with van der Waals surface area (Å²) in [5.41, 5.74) is 12.3. The monoisotopic (exact) mass is 317 g/mol. The Morgan fingerprint density at radius 1 is 1.08 bits per heavy atom. The minimum atomic E-state index is 0.379. The number of aromatic amines is 1. The Bertz CT molecular complexity index is 979. The van der Waals surface area contributed by atoms with Gasteiger partial charge in [0.25, 0.3) is 0 Å². The lowest BCUT2D eigenvalue weighted by Gasteiger charge is -2.08. The van der Waals surface area contributed by atoms with E-state index < -0.39 is 0 Å². The number of nitrogens with two attached hydrogens (primary N) is 1. The average molecular weight is 317 g/mol. The number of aromatic nitrogens is 4. The fraction of sp³-hybridized carbons (Fsp3) is 0.158. The Morgan fingerprint density at radius 2 is 1.88 bits per heavy atom. The number of H-pyrrole nitrogens is 1. The third-order valence-electron chi connectivity index (χ3n) is 4.35. The van der Waals surface area contributed by atoms with Crippen LogP contribution in [0.3, 0.4) is 0 Å². The summed E-state index contributed by atoms with van der Waals surface area (Å²) in [6, 6.07) is 16.6. The van der Waals surface area contributed by atoms with Crippen molar-refractivity contribution in [1.29, 1.82) is 0 Å². The lowest BCUT2D eigenvalue weighted by atomic mass is 10.1. The van der Waals surface area contributed by atoms with Crippen LogP contribution in [0.2, 0.25) is 0 Å². The maximum absolute atomic E-state index is 5.88. The van der Waals surface area contributed by atoms with Gasteiger partial charge in [-0.3, -0.25) is 0 Å². The maximum atomic E-state index is 5.88. The summed E-state index contributed by atoms with van der Waals surface area (Å²) in [6.45, 7) is 2.45. The lowest BCUT2D eigenvalue weighted by Crippen LogP contribution is -2.07. The zero-order valence-corrected chi connectivity index (χ0v) is 13.5. The second-order valence-corrected chi connectivity index (χ2v) is 5.97. The van der Waals surface area contributed by atoms with E-state index in [0.717, 1.165) is 29.0 Å². The molecule has 5 nitrogen and oxygen atoms in total. The van der Waals surface area contributed by atoms with E-state index in [1.54, 1.807) is 0 Å². The van der Waals surface area contributed by atoms with Crippen LogP contribution in [0.1, 0.15) is 22.5 Å². The molecule has 0 saturated carbocycles. The summed E-state index contributed by atoms with van der Waals surface area (Å²) in [6.07, 6.45) is 2.79. The van der Waals surface area contributed by atoms with Crippen molar-refractivity contribution in [1.82, 2.24) is 20.0 Å². The second-order valence-electron chi connectivity index (χ2n) is 5.97. The quantitative estimate of drug-likeness (QED) is 0.607. The van der Waals surface area contributed by atoms with Gasteiger partial charge in [0.15, 0.2) is 0 Å². The van der Waals surface area contributed by atoms with Crippen LogP contribution in [0.5, 0.6) is 0 Å². The first-order valence-corrected chi connectivity index (χ1v) is 8.02. The molecule has 0 unspecified atom stereocenters. The van der Waals surface area contributed by atoms with E-state index in [1.165, 1.54) is 16.5 Å². The van der Waals surface area contributed by atoms with Crippen molar-refractivity contribution in [2.24, 2.45) is 5.73 Å². The molecule has 4 rings (SSSR count). The third kappa shape index (κ3) is 2.49. The van der Waals surface area contributed by atoms with Gasteiger partial charge in [0.1, 0.15) is 5.69 Å². The van der Waals surface area contributed by atoms with Crippen LogP contribution in [0.4, 0.5) is 0 Å². The molecular weight excluding hydrogens is 298 g/mol. The summed E-state index contributed by atoms with van der Waals surface area (Å²) >= 11 is 0. The first-order valence-electron chi connectivity index (χ1n) is 8.02. The van der Waals surface area contributed by atoms with Gasteiger partial charge in [-0.25, -0.2) is 4.68 Å². The molecule has 0 saturated heterocycles. The zero-order valence-electron chi connectivity index (χ0n) is 13.5. The van der Waals surface area contributed by atoms with Crippen molar-refractivity contribution in [2.75, 3.05) is 0 Å². The number of fused-ring (bicyclic) bond motifs is 1. The van der Waals surface area contributed by atoms with E-state index in [9.17, 15) is 0 Å². The van der Waals surface area contributed by atoms with Gasteiger partial charge in [0.05, 0.1) is 11.4 Å². The molecule has 4 aromatic rings. The van der Waals surface area contributed by atoms with E-state index in [-0.39, 0.29) is 0 Å². The van der Waals surface area contributed by atoms with Gasteiger partial charge < -0.3 is 10.7 Å². The molecule has 24 heavy (non-hydrogen) atoms. The molecule has 2 heterocycles. The fourth-order valence-electron chi connectivity index (χ4n) is 3.02. The van der Waals surface area contributed by atoms with Crippen LogP contribution in [0.15, 0.2) is 54.7 Å². The predicted molar refractivity (Wildman–Crippen MR) is 95.1 cm³/mol. The Morgan fingerprint density at radius 3 is 2.67 bits per heavy atom. The Kier molecular flexibility index (Phi) is 3.63. The van der Waals surface area contributed by atoms with Crippen LogP contribution >= 0.6 is 0 Å². The van der Waals surface area contributed by atoms with Crippen molar-refractivity contribution in [3.63, 3.8) is 0 Å². The molecule has 0 amide bonds. The minimum Gasteiger partial charge on any atom is -0.361 e. The summed E-state index contributed by atoms with van der Waals surface area (Å²) in [7, 11) is 0. The molecule has 0 spiro atoms. The topological polar surface area (TPSA) is 72.5 Å². The number of nitrogens with one attached hydrogen (secondary N) is 1. The molecule has 0 fully saturated rings. The van der Waals surface area contributed by atoms with Gasteiger partial charge >= 0.3 is 0 Å². The van der Waals surface area contributed by atoms with Crippen molar-refractivity contribution >= 4 is 10.9 Å². The minimum absolute atomic E-state index is 0.379. The number of benzene rings is 2. The summed E-state index contributed by atoms with van der Waals surface area (Å²) in [5, 5.41) is 9.82. The number of hydrogen-bond donors (Lipinski definition) is 2. The number of aryl methyl sites for hydroxylation is 1. The third-order valence-corrected chi connectivity index (χ3v) is 4.35. The van der Waals surface area contributed by atoms with Gasteiger partial charge in [-0.15, -0.1) is 5.10 Å². The predicted octanol–water partition coefficient (Wildman–Crippen LogP) is 3.11. The highest BCUT2D eigenvalue weighted by Crippen LogP contribution is 2.23. The molecule has 120 valence electrons. The van der Waals surface area contributed by atoms with Crippen molar-refractivity contribution < 1.29 is 0 Å². The van der Waals surface area contributed by atoms with E-state index in [2.05, 4.69) is 70.9 Å². The van der Waals surface area contributed by atoms with Gasteiger partial charge in [-0.2, -0.15) is 0 Å². The zero-order chi connectivity index (χ0) is 16.5. The summed E-state index contributed by atoms with van der Waals surface area (Å²) in [4.78, 5) is 3.32. The van der Waals surface area contributed by atoms with E-state index in [1.807, 2.05) is 10.7 Å². The van der Waals surface area contributed by atoms with Crippen LogP contribution in [-0.4, -0.2) is 20.0 Å². The number of hydrogen-bond acceptors (Lipinski definition) is 3. The van der Waals surface area contributed by atoms with Gasteiger partial charge in [-0.05, 0) is 30.7 Å². The number of para-hydroxylation sites is 1. The van der Waals surface area contributed by atoms with E-state index in [4.69, 9.17) is 5.73 Å².